The minimum absolute atomic E-state index is 0.0777. The molecule has 98 valence electrons. The van der Waals surface area contributed by atoms with Crippen LogP contribution in [0.1, 0.15) is 13.3 Å². The molecule has 5 nitrogen and oxygen atoms in total. The van der Waals surface area contributed by atoms with E-state index < -0.39 is 29.7 Å². The van der Waals surface area contributed by atoms with Crippen molar-refractivity contribution in [3.63, 3.8) is 0 Å². The van der Waals surface area contributed by atoms with Crippen LogP contribution in [0.15, 0.2) is 18.2 Å². The maximum atomic E-state index is 12.8. The Bertz CT molecular complexity index is 466. The first kappa shape index (κ1) is 13.9. The predicted molar refractivity (Wildman–Crippen MR) is 60.2 cm³/mol. The van der Waals surface area contributed by atoms with Crippen LogP contribution in [0.5, 0.6) is 0 Å². The molecule has 0 fully saturated rings. The first-order valence-corrected chi connectivity index (χ1v) is 5.13. The summed E-state index contributed by atoms with van der Waals surface area (Å²) in [5, 5.41) is 13.1. The summed E-state index contributed by atoms with van der Waals surface area (Å²) in [6.07, 6.45) is -0.231. The van der Waals surface area contributed by atoms with E-state index in [9.17, 15) is 18.4 Å². The molecule has 7 heteroatoms. The highest BCUT2D eigenvalue weighted by atomic mass is 19.2. The molecule has 0 heterocycles. The first-order chi connectivity index (χ1) is 8.38. The van der Waals surface area contributed by atoms with E-state index in [4.69, 9.17) is 5.11 Å². The van der Waals surface area contributed by atoms with Gasteiger partial charge in [0.05, 0.1) is 6.42 Å². The van der Waals surface area contributed by atoms with E-state index in [0.29, 0.717) is 0 Å². The smallest absolute Gasteiger partial charge is 0.319 e. The van der Waals surface area contributed by atoms with Gasteiger partial charge in [0.25, 0.3) is 0 Å². The molecule has 1 aromatic rings. The molecule has 0 radical (unpaired) electrons. The summed E-state index contributed by atoms with van der Waals surface area (Å²) in [6.45, 7) is 1.51. The van der Waals surface area contributed by atoms with Crippen LogP contribution >= 0.6 is 0 Å². The fourth-order valence-corrected chi connectivity index (χ4v) is 1.28. The van der Waals surface area contributed by atoms with Crippen LogP contribution in [0, 0.1) is 11.6 Å². The van der Waals surface area contributed by atoms with Gasteiger partial charge in [-0.15, -0.1) is 0 Å². The number of carbonyl (C=O) groups excluding carboxylic acids is 1. The third-order valence-electron chi connectivity index (χ3n) is 2.04. The Morgan fingerprint density at radius 1 is 1.33 bits per heavy atom. The van der Waals surface area contributed by atoms with Gasteiger partial charge in [-0.05, 0) is 19.1 Å². The molecule has 0 aliphatic carbocycles. The van der Waals surface area contributed by atoms with Crippen molar-refractivity contribution in [2.75, 3.05) is 5.32 Å². The number of benzene rings is 1. The Labute approximate surface area is 102 Å². The molecular weight excluding hydrogens is 246 g/mol. The van der Waals surface area contributed by atoms with Crippen LogP contribution in [-0.2, 0) is 4.79 Å². The fourth-order valence-electron chi connectivity index (χ4n) is 1.28. The number of carboxylic acid groups (broad SMARTS) is 1. The third kappa shape index (κ3) is 4.36. The van der Waals surface area contributed by atoms with Crippen molar-refractivity contribution in [2.45, 2.75) is 19.4 Å². The summed E-state index contributed by atoms with van der Waals surface area (Å²) in [6, 6.07) is 1.64. The molecule has 0 aliphatic rings. The van der Waals surface area contributed by atoms with E-state index in [2.05, 4.69) is 10.6 Å². The number of anilines is 1. The number of hydrogen-bond acceptors (Lipinski definition) is 2. The minimum atomic E-state index is -1.08. The summed E-state index contributed by atoms with van der Waals surface area (Å²) in [5.41, 5.74) is 0.0777. The Morgan fingerprint density at radius 2 is 2.00 bits per heavy atom. The highest BCUT2D eigenvalue weighted by Gasteiger charge is 2.11. The van der Waals surface area contributed by atoms with E-state index in [1.165, 1.54) is 13.0 Å². The molecule has 0 saturated carbocycles. The first-order valence-electron chi connectivity index (χ1n) is 5.13. The minimum Gasteiger partial charge on any atom is -0.481 e. The molecule has 1 unspecified atom stereocenters. The molecule has 1 aromatic carbocycles. The lowest BCUT2D eigenvalue weighted by molar-refractivity contribution is -0.137. The Morgan fingerprint density at radius 3 is 2.56 bits per heavy atom. The van der Waals surface area contributed by atoms with Gasteiger partial charge in [-0.1, -0.05) is 0 Å². The lowest BCUT2D eigenvalue weighted by Crippen LogP contribution is -2.37. The second-order valence-electron chi connectivity index (χ2n) is 3.73. The Balaban J connectivity index is 2.54. The second-order valence-corrected chi connectivity index (χ2v) is 3.73. The fraction of sp³-hybridized carbons (Fsp3) is 0.273. The normalized spacial score (nSPS) is 11.7. The number of aliphatic carboxylic acids is 1. The third-order valence-corrected chi connectivity index (χ3v) is 2.04. The van der Waals surface area contributed by atoms with Crippen molar-refractivity contribution >= 4 is 17.7 Å². The number of carbonyl (C=O) groups is 2. The zero-order valence-corrected chi connectivity index (χ0v) is 9.54. The summed E-state index contributed by atoms with van der Waals surface area (Å²) in [5.74, 6) is -3.14. The molecule has 0 aliphatic heterocycles. The van der Waals surface area contributed by atoms with E-state index in [-0.39, 0.29) is 12.1 Å². The van der Waals surface area contributed by atoms with E-state index >= 15 is 0 Å². The number of hydrogen-bond donors (Lipinski definition) is 3. The van der Waals surface area contributed by atoms with Gasteiger partial charge in [0, 0.05) is 17.8 Å². The largest absolute Gasteiger partial charge is 0.481 e. The molecule has 2 amide bonds. The topological polar surface area (TPSA) is 78.4 Å². The number of carboxylic acids is 1. The molecule has 3 N–H and O–H groups in total. The Hall–Kier alpha value is -2.18. The molecule has 18 heavy (non-hydrogen) atoms. The molecular formula is C11H12F2N2O3. The van der Waals surface area contributed by atoms with E-state index in [1.54, 1.807) is 0 Å². The van der Waals surface area contributed by atoms with Gasteiger partial charge in [-0.25, -0.2) is 13.6 Å². The summed E-state index contributed by atoms with van der Waals surface area (Å²) in [7, 11) is 0. The van der Waals surface area contributed by atoms with E-state index in [1.807, 2.05) is 0 Å². The summed E-state index contributed by atoms with van der Waals surface area (Å²) >= 11 is 0. The quantitative estimate of drug-likeness (QED) is 0.772. The van der Waals surface area contributed by atoms with Crippen molar-refractivity contribution in [3.8, 4) is 0 Å². The number of nitrogens with one attached hydrogen (secondary N) is 2. The molecule has 0 spiro atoms. The maximum Gasteiger partial charge on any atom is 0.319 e. The van der Waals surface area contributed by atoms with Crippen LogP contribution in [0.4, 0.5) is 19.3 Å². The predicted octanol–water partition coefficient (Wildman–Crippen LogP) is 1.95. The standard InChI is InChI=1S/C11H12F2N2O3/c1-6(4-10(16)17)14-11(18)15-7-2-3-8(12)9(13)5-7/h2-3,5-6H,4H2,1H3,(H,16,17)(H2,14,15,18). The average molecular weight is 258 g/mol. The van der Waals surface area contributed by atoms with Crippen molar-refractivity contribution in [2.24, 2.45) is 0 Å². The molecule has 1 rings (SSSR count). The van der Waals surface area contributed by atoms with Gasteiger partial charge in [-0.3, -0.25) is 4.79 Å². The number of rotatable bonds is 4. The SMILES string of the molecule is CC(CC(=O)O)NC(=O)Nc1ccc(F)c(F)c1. The Kier molecular flexibility index (Phi) is 4.59. The van der Waals surface area contributed by atoms with Gasteiger partial charge in [-0.2, -0.15) is 0 Å². The van der Waals surface area contributed by atoms with Gasteiger partial charge in [0.15, 0.2) is 11.6 Å². The summed E-state index contributed by atoms with van der Waals surface area (Å²) < 4.78 is 25.5. The zero-order chi connectivity index (χ0) is 13.7. The van der Waals surface area contributed by atoms with Crippen LogP contribution in [0.25, 0.3) is 0 Å². The highest BCUT2D eigenvalue weighted by molar-refractivity contribution is 5.89. The summed E-state index contributed by atoms with van der Waals surface area (Å²) in [4.78, 5) is 21.7. The lowest BCUT2D eigenvalue weighted by Gasteiger charge is -2.12. The number of halogens is 2. The van der Waals surface area contributed by atoms with Crippen molar-refractivity contribution in [1.82, 2.24) is 5.32 Å². The molecule has 0 bridgehead atoms. The molecule has 0 saturated heterocycles. The van der Waals surface area contributed by atoms with Crippen LogP contribution in [-0.4, -0.2) is 23.1 Å². The highest BCUT2D eigenvalue weighted by Crippen LogP contribution is 2.12. The average Bonchev–Trinajstić information content (AvgIpc) is 2.21. The monoisotopic (exact) mass is 258 g/mol. The van der Waals surface area contributed by atoms with Crippen LogP contribution in [0.2, 0.25) is 0 Å². The van der Waals surface area contributed by atoms with Crippen molar-refractivity contribution in [1.29, 1.82) is 0 Å². The lowest BCUT2D eigenvalue weighted by atomic mass is 10.2. The van der Waals surface area contributed by atoms with Gasteiger partial charge < -0.3 is 15.7 Å². The van der Waals surface area contributed by atoms with Crippen LogP contribution < -0.4 is 10.6 Å². The van der Waals surface area contributed by atoms with Gasteiger partial charge >= 0.3 is 12.0 Å². The number of urea groups is 1. The number of amides is 2. The molecule has 0 aromatic heterocycles. The second kappa shape index (κ2) is 5.95. The van der Waals surface area contributed by atoms with Gasteiger partial charge in [0.2, 0.25) is 0 Å². The maximum absolute atomic E-state index is 12.8. The van der Waals surface area contributed by atoms with Crippen molar-refractivity contribution in [3.05, 3.63) is 29.8 Å². The zero-order valence-electron chi connectivity index (χ0n) is 9.54. The van der Waals surface area contributed by atoms with Crippen LogP contribution in [0.3, 0.4) is 0 Å². The van der Waals surface area contributed by atoms with Crippen molar-refractivity contribution < 1.29 is 23.5 Å². The molecule has 1 atom stereocenters. The van der Waals surface area contributed by atoms with E-state index in [0.717, 1.165) is 12.1 Å². The van der Waals surface area contributed by atoms with Gasteiger partial charge in [0.1, 0.15) is 0 Å².